The second kappa shape index (κ2) is 7.89. The number of hydrogen-bond acceptors (Lipinski definition) is 5. The molecule has 1 amide bonds. The summed E-state index contributed by atoms with van der Waals surface area (Å²) in [5.41, 5.74) is 0.568. The van der Waals surface area contributed by atoms with E-state index in [9.17, 15) is 24.2 Å². The van der Waals surface area contributed by atoms with Crippen molar-refractivity contribution in [3.8, 4) is 16.9 Å². The highest BCUT2D eigenvalue weighted by Crippen LogP contribution is 2.31. The van der Waals surface area contributed by atoms with Crippen molar-refractivity contribution in [2.75, 3.05) is 5.32 Å². The fourth-order valence-electron chi connectivity index (χ4n) is 3.51. The van der Waals surface area contributed by atoms with Gasteiger partial charge in [-0.1, -0.05) is 0 Å². The van der Waals surface area contributed by atoms with E-state index < -0.39 is 35.7 Å². The monoisotopic (exact) mass is 440 g/mol. The third kappa shape index (κ3) is 3.60. The van der Waals surface area contributed by atoms with Crippen LogP contribution in [0.5, 0.6) is 5.75 Å². The molecule has 0 saturated heterocycles. The molecule has 0 unspecified atom stereocenters. The number of rotatable bonds is 5. The van der Waals surface area contributed by atoms with Gasteiger partial charge in [-0.25, -0.2) is 8.78 Å². The summed E-state index contributed by atoms with van der Waals surface area (Å²) < 4.78 is 31.7. The lowest BCUT2D eigenvalue weighted by Crippen LogP contribution is -2.16. The Hall–Kier alpha value is -4.05. The smallest absolute Gasteiger partial charge is 0.258 e. The predicted octanol–water partition coefficient (Wildman–Crippen LogP) is 3.27. The molecule has 0 atom stereocenters. The Morgan fingerprint density at radius 3 is 2.53 bits per heavy atom. The van der Waals surface area contributed by atoms with Gasteiger partial charge < -0.3 is 19.9 Å². The number of aliphatic hydroxyl groups excluding tert-OH is 1. The highest BCUT2D eigenvalue weighted by molar-refractivity contribution is 6.16. The fraction of sp³-hybridized carbons (Fsp3) is 0.136. The Bertz CT molecular complexity index is 1390. The number of benzene rings is 1. The summed E-state index contributed by atoms with van der Waals surface area (Å²) in [6, 6.07) is 3.73. The number of fused-ring (bicyclic) bond motifs is 1. The van der Waals surface area contributed by atoms with E-state index in [1.807, 2.05) is 0 Å². The van der Waals surface area contributed by atoms with E-state index in [4.69, 9.17) is 0 Å². The molecular formula is C22H18F2N4O4. The molecule has 4 aromatic rings. The lowest BCUT2D eigenvalue weighted by Gasteiger charge is -2.12. The van der Waals surface area contributed by atoms with Crippen molar-refractivity contribution >= 4 is 22.9 Å². The van der Waals surface area contributed by atoms with Crippen molar-refractivity contribution in [2.45, 2.75) is 13.5 Å². The van der Waals surface area contributed by atoms with Crippen LogP contribution in [0.3, 0.4) is 0 Å². The van der Waals surface area contributed by atoms with E-state index in [1.165, 1.54) is 40.5 Å². The molecule has 0 saturated carbocycles. The van der Waals surface area contributed by atoms with Crippen LogP contribution < -0.4 is 5.32 Å². The second-order valence-corrected chi connectivity index (χ2v) is 7.29. The number of aliphatic hydroxyl groups is 1. The van der Waals surface area contributed by atoms with Gasteiger partial charge in [-0.15, -0.1) is 0 Å². The zero-order valence-electron chi connectivity index (χ0n) is 17.1. The molecule has 3 N–H and O–H groups in total. The van der Waals surface area contributed by atoms with Crippen LogP contribution >= 0.6 is 0 Å². The Balaban J connectivity index is 1.83. The summed E-state index contributed by atoms with van der Waals surface area (Å²) in [6.45, 7) is 0.826. The summed E-state index contributed by atoms with van der Waals surface area (Å²) >= 11 is 0. The van der Waals surface area contributed by atoms with E-state index in [-0.39, 0.29) is 27.9 Å². The van der Waals surface area contributed by atoms with Crippen LogP contribution in [0.2, 0.25) is 0 Å². The van der Waals surface area contributed by atoms with Crippen molar-refractivity contribution in [2.24, 2.45) is 7.05 Å². The molecule has 0 aliphatic carbocycles. The average Bonchev–Trinajstić information content (AvgIpc) is 3.33. The Kier molecular flexibility index (Phi) is 5.23. The normalized spacial score (nSPS) is 11.2. The van der Waals surface area contributed by atoms with E-state index >= 15 is 4.39 Å². The van der Waals surface area contributed by atoms with Gasteiger partial charge in [-0.3, -0.25) is 14.3 Å². The first-order valence-corrected chi connectivity index (χ1v) is 9.47. The zero-order valence-corrected chi connectivity index (χ0v) is 17.1. The van der Waals surface area contributed by atoms with Gasteiger partial charge in [0.15, 0.2) is 23.2 Å². The number of aromatic nitrogens is 3. The molecule has 0 spiro atoms. The van der Waals surface area contributed by atoms with Gasteiger partial charge in [-0.05, 0) is 24.6 Å². The molecule has 0 aliphatic rings. The number of carbonyl (C=O) groups excluding carboxylic acids is 2. The van der Waals surface area contributed by atoms with Crippen LogP contribution in [-0.4, -0.2) is 36.1 Å². The first-order valence-electron chi connectivity index (χ1n) is 9.47. The number of nitrogens with zero attached hydrogens (tertiary/aromatic N) is 3. The molecule has 4 rings (SSSR count). The van der Waals surface area contributed by atoms with Gasteiger partial charge in [0.1, 0.15) is 0 Å². The maximum atomic E-state index is 15.3. The molecule has 0 aliphatic heterocycles. The number of aryl methyl sites for hydroxylation is 1. The number of amides is 1. The third-order valence-electron chi connectivity index (χ3n) is 5.03. The third-order valence-corrected chi connectivity index (χ3v) is 5.03. The summed E-state index contributed by atoms with van der Waals surface area (Å²) in [5, 5.41) is 25.8. The molecule has 0 fully saturated rings. The van der Waals surface area contributed by atoms with Crippen molar-refractivity contribution in [1.82, 2.24) is 14.2 Å². The van der Waals surface area contributed by atoms with Crippen molar-refractivity contribution < 1.29 is 28.6 Å². The van der Waals surface area contributed by atoms with Crippen molar-refractivity contribution in [3.05, 3.63) is 71.3 Å². The first-order chi connectivity index (χ1) is 15.2. The van der Waals surface area contributed by atoms with Crippen LogP contribution in [0.25, 0.3) is 16.6 Å². The summed E-state index contributed by atoms with van der Waals surface area (Å²) in [4.78, 5) is 25.2. The van der Waals surface area contributed by atoms with E-state index in [1.54, 1.807) is 13.2 Å². The van der Waals surface area contributed by atoms with Crippen molar-refractivity contribution in [1.29, 1.82) is 0 Å². The second-order valence-electron chi connectivity index (χ2n) is 7.29. The molecule has 0 bridgehead atoms. The average molecular weight is 440 g/mol. The number of carbonyl (C=O) groups is 2. The molecule has 164 valence electrons. The number of nitrogens with one attached hydrogen (secondary N) is 1. The minimum atomic E-state index is -0.933. The number of Topliss-reactive ketones (excluding diaryl/α,β-unsaturated/α-hetero) is 1. The topological polar surface area (TPSA) is 109 Å². The molecular weight excluding hydrogens is 422 g/mol. The highest BCUT2D eigenvalue weighted by Gasteiger charge is 2.24. The van der Waals surface area contributed by atoms with Gasteiger partial charge in [0.2, 0.25) is 0 Å². The van der Waals surface area contributed by atoms with Crippen LogP contribution in [-0.2, 0) is 13.7 Å². The number of hydrogen-bond donors (Lipinski definition) is 3. The Labute approximate surface area is 180 Å². The van der Waals surface area contributed by atoms with Crippen LogP contribution in [0.4, 0.5) is 14.5 Å². The number of aromatic hydroxyl groups is 1. The zero-order chi connectivity index (χ0) is 23.2. The van der Waals surface area contributed by atoms with E-state index in [2.05, 4.69) is 10.4 Å². The van der Waals surface area contributed by atoms with Crippen molar-refractivity contribution in [3.63, 3.8) is 0 Å². The van der Waals surface area contributed by atoms with Crippen LogP contribution in [0, 0.1) is 11.6 Å². The molecule has 10 heteroatoms. The number of ketones is 1. The number of pyridine rings is 1. The quantitative estimate of drug-likeness (QED) is 0.413. The maximum Gasteiger partial charge on any atom is 0.258 e. The minimum absolute atomic E-state index is 0.0290. The SMILES string of the molecule is CC(=O)c1cn2cc(F)c(O)cc2c1C(=O)Nc1cc(CO)cc(-c2cnn(C)c2)c1F. The number of halogens is 2. The van der Waals surface area contributed by atoms with Gasteiger partial charge >= 0.3 is 0 Å². The standard InChI is InChI=1S/C22H18F2N4O4/c1-11(30)15-8-28-9-16(23)19(31)5-18(28)20(15)22(32)26-17-4-12(10-29)3-14(21(17)24)13-6-25-27(2)7-13/h3-9,29,31H,10H2,1-2H3,(H,26,32). The number of anilines is 1. The fourth-order valence-corrected chi connectivity index (χ4v) is 3.51. The molecule has 8 nitrogen and oxygen atoms in total. The first kappa shape index (κ1) is 21.2. The predicted molar refractivity (Wildman–Crippen MR) is 112 cm³/mol. The van der Waals surface area contributed by atoms with Gasteiger partial charge in [0, 0.05) is 48.4 Å². The van der Waals surface area contributed by atoms with E-state index in [0.717, 1.165) is 12.3 Å². The Morgan fingerprint density at radius 2 is 1.91 bits per heavy atom. The van der Waals surface area contributed by atoms with Gasteiger partial charge in [0.25, 0.3) is 5.91 Å². The Morgan fingerprint density at radius 1 is 1.16 bits per heavy atom. The maximum absolute atomic E-state index is 15.3. The van der Waals surface area contributed by atoms with E-state index in [0.29, 0.717) is 11.1 Å². The largest absolute Gasteiger partial charge is 0.505 e. The lowest BCUT2D eigenvalue weighted by atomic mass is 10.0. The van der Waals surface area contributed by atoms with Crippen LogP contribution in [0.15, 0.2) is 43.0 Å². The molecule has 1 aromatic carbocycles. The molecule has 3 aromatic heterocycles. The van der Waals surface area contributed by atoms with Gasteiger partial charge in [0.05, 0.1) is 29.6 Å². The summed E-state index contributed by atoms with van der Waals surface area (Å²) in [6.07, 6.45) is 5.22. The molecule has 32 heavy (non-hydrogen) atoms. The summed E-state index contributed by atoms with van der Waals surface area (Å²) in [7, 11) is 1.67. The van der Waals surface area contributed by atoms with Crippen LogP contribution in [0.1, 0.15) is 33.2 Å². The van der Waals surface area contributed by atoms with Gasteiger partial charge in [-0.2, -0.15) is 5.10 Å². The molecule has 3 heterocycles. The highest BCUT2D eigenvalue weighted by atomic mass is 19.1. The lowest BCUT2D eigenvalue weighted by molar-refractivity contribution is 0.0987. The minimum Gasteiger partial charge on any atom is -0.505 e. The molecule has 0 radical (unpaired) electrons. The summed E-state index contributed by atoms with van der Waals surface area (Å²) in [5.74, 6) is -3.70.